The van der Waals surface area contributed by atoms with Gasteiger partial charge in [-0.1, -0.05) is 42.0 Å². The lowest BCUT2D eigenvalue weighted by Gasteiger charge is -2.10. The molecule has 4 rings (SSSR count). The number of aryl methyl sites for hydroxylation is 1. The molecule has 4 aromatic rings. The maximum absolute atomic E-state index is 11.9. The van der Waals surface area contributed by atoms with E-state index in [4.69, 9.17) is 10.5 Å². The van der Waals surface area contributed by atoms with Crippen molar-refractivity contribution < 1.29 is 9.53 Å². The predicted molar refractivity (Wildman–Crippen MR) is 111 cm³/mol. The number of carbonyl (C=O) groups is 1. The third kappa shape index (κ3) is 2.68. The molecule has 3 aromatic carbocycles. The number of rotatable bonds is 2. The molecule has 0 bridgehead atoms. The van der Waals surface area contributed by atoms with Crippen molar-refractivity contribution >= 4 is 33.5 Å². The Hall–Kier alpha value is -3.47. The first-order valence-corrected chi connectivity index (χ1v) is 8.75. The molecule has 0 spiro atoms. The maximum atomic E-state index is 11.9. The molecule has 0 aliphatic carbocycles. The van der Waals surface area contributed by atoms with Crippen LogP contribution in [0.2, 0.25) is 0 Å². The van der Waals surface area contributed by atoms with Crippen molar-refractivity contribution in [3.8, 4) is 11.1 Å². The lowest BCUT2D eigenvalue weighted by molar-refractivity contribution is 0.183. The van der Waals surface area contributed by atoms with Crippen LogP contribution in [0.1, 0.15) is 11.3 Å². The number of benzene rings is 3. The highest BCUT2D eigenvalue weighted by Gasteiger charge is 2.20. The van der Waals surface area contributed by atoms with Crippen LogP contribution < -0.4 is 11.2 Å². The summed E-state index contributed by atoms with van der Waals surface area (Å²) < 4.78 is 6.58. The van der Waals surface area contributed by atoms with Gasteiger partial charge in [-0.3, -0.25) is 4.68 Å². The van der Waals surface area contributed by atoms with Gasteiger partial charge in [-0.2, -0.15) is 0 Å². The number of fused-ring (bicyclic) bond motifs is 3. The molecule has 1 amide bonds. The molecule has 0 fully saturated rings. The van der Waals surface area contributed by atoms with E-state index in [-0.39, 0.29) is 0 Å². The number of amides is 1. The van der Waals surface area contributed by atoms with E-state index >= 15 is 0 Å². The van der Waals surface area contributed by atoms with Crippen LogP contribution in [-0.4, -0.2) is 17.9 Å². The highest BCUT2D eigenvalue weighted by Crippen LogP contribution is 2.41. The van der Waals surface area contributed by atoms with Crippen LogP contribution >= 0.6 is 0 Å². The van der Waals surface area contributed by atoms with Crippen molar-refractivity contribution in [1.82, 2.24) is 4.68 Å². The van der Waals surface area contributed by atoms with Gasteiger partial charge in [-0.25, -0.2) is 10.2 Å². The summed E-state index contributed by atoms with van der Waals surface area (Å²) >= 11 is 0. The van der Waals surface area contributed by atoms with Crippen molar-refractivity contribution in [3.63, 3.8) is 0 Å². The van der Waals surface area contributed by atoms with Gasteiger partial charge in [0.1, 0.15) is 0 Å². The number of ether oxygens (including phenoxy) is 1. The van der Waals surface area contributed by atoms with Gasteiger partial charge in [0.05, 0.1) is 12.6 Å². The monoisotopic (exact) mass is 359 g/mol. The molecular formula is C22H21N3O2. The Balaban J connectivity index is 2.16. The van der Waals surface area contributed by atoms with Crippen molar-refractivity contribution in [1.29, 1.82) is 0 Å². The molecule has 0 saturated heterocycles. The Morgan fingerprint density at radius 2 is 1.85 bits per heavy atom. The van der Waals surface area contributed by atoms with Gasteiger partial charge in [0.2, 0.25) is 0 Å². The molecule has 5 nitrogen and oxygen atoms in total. The third-order valence-electron chi connectivity index (χ3n) is 4.96. The van der Waals surface area contributed by atoms with Crippen LogP contribution in [0, 0.1) is 13.8 Å². The molecule has 0 aliphatic rings. The third-order valence-corrected chi connectivity index (χ3v) is 4.96. The minimum atomic E-state index is -0.521. The first kappa shape index (κ1) is 17.0. The van der Waals surface area contributed by atoms with E-state index in [0.717, 1.165) is 44.1 Å². The summed E-state index contributed by atoms with van der Waals surface area (Å²) in [6.45, 7) is 4.02. The lowest BCUT2D eigenvalue weighted by Crippen LogP contribution is -2.23. The van der Waals surface area contributed by atoms with Crippen LogP contribution in [0.5, 0.6) is 0 Å². The molecule has 0 aliphatic heterocycles. The van der Waals surface area contributed by atoms with Crippen LogP contribution in [0.15, 0.2) is 54.6 Å². The predicted octanol–water partition coefficient (Wildman–Crippen LogP) is 4.97. The average Bonchev–Trinajstić information content (AvgIpc) is 2.95. The van der Waals surface area contributed by atoms with Gasteiger partial charge in [0, 0.05) is 27.9 Å². The van der Waals surface area contributed by atoms with Gasteiger partial charge >= 0.3 is 6.09 Å². The number of nitrogens with one attached hydrogen (secondary N) is 1. The van der Waals surface area contributed by atoms with E-state index in [9.17, 15) is 4.79 Å². The number of nitrogen functional groups attached to an aromatic ring is 1. The second-order valence-corrected chi connectivity index (χ2v) is 6.67. The zero-order valence-electron chi connectivity index (χ0n) is 15.5. The van der Waals surface area contributed by atoms with E-state index in [2.05, 4.69) is 29.7 Å². The number of nitrogens with zero attached hydrogens (tertiary/aromatic N) is 1. The number of nitrogens with two attached hydrogens (primary N) is 1. The second kappa shape index (κ2) is 6.36. The van der Waals surface area contributed by atoms with Crippen molar-refractivity contribution in [2.45, 2.75) is 13.8 Å². The van der Waals surface area contributed by atoms with E-state index in [1.807, 2.05) is 44.2 Å². The number of hydrogen-bond donors (Lipinski definition) is 2. The number of carbonyl (C=O) groups excluding carboxylic acids is 1. The van der Waals surface area contributed by atoms with Crippen LogP contribution in [0.3, 0.4) is 0 Å². The van der Waals surface area contributed by atoms with E-state index in [0.29, 0.717) is 5.69 Å². The summed E-state index contributed by atoms with van der Waals surface area (Å²) in [6.07, 6.45) is -0.521. The molecule has 136 valence electrons. The highest BCUT2D eigenvalue weighted by atomic mass is 16.5. The fraction of sp³-hybridized carbons (Fsp3) is 0.136. The van der Waals surface area contributed by atoms with Gasteiger partial charge in [0.25, 0.3) is 0 Å². The molecule has 5 heteroatoms. The number of aromatic nitrogens is 1. The lowest BCUT2D eigenvalue weighted by atomic mass is 9.95. The number of hydrogen-bond acceptors (Lipinski definition) is 3. The fourth-order valence-corrected chi connectivity index (χ4v) is 3.68. The normalized spacial score (nSPS) is 11.1. The number of methoxy groups -OCH3 is 1. The number of anilines is 1. The molecular weight excluding hydrogens is 338 g/mol. The Morgan fingerprint density at radius 3 is 2.63 bits per heavy atom. The Bertz CT molecular complexity index is 1190. The fourth-order valence-electron chi connectivity index (χ4n) is 3.68. The molecule has 0 radical (unpaired) electrons. The molecule has 3 N–H and O–H groups in total. The average molecular weight is 359 g/mol. The Labute approximate surface area is 157 Å². The second-order valence-electron chi connectivity index (χ2n) is 6.67. The van der Waals surface area contributed by atoms with Crippen LogP contribution in [-0.2, 0) is 4.74 Å². The summed E-state index contributed by atoms with van der Waals surface area (Å²) in [4.78, 5) is 11.9. The summed E-state index contributed by atoms with van der Waals surface area (Å²) in [5, 5.41) is 3.30. The molecule has 0 saturated carbocycles. The summed E-state index contributed by atoms with van der Waals surface area (Å²) in [7, 11) is 1.35. The van der Waals surface area contributed by atoms with E-state index in [1.54, 1.807) is 4.68 Å². The SMILES string of the molecule is COC(=O)Nn1c(C)c(-c2cc(C)ccc2N)c2c3ccccc3ccc21. The van der Waals surface area contributed by atoms with Gasteiger partial charge in [0.15, 0.2) is 0 Å². The molecule has 0 atom stereocenters. The molecule has 27 heavy (non-hydrogen) atoms. The van der Waals surface area contributed by atoms with E-state index in [1.165, 1.54) is 7.11 Å². The smallest absolute Gasteiger partial charge is 0.426 e. The molecule has 0 unspecified atom stereocenters. The quantitative estimate of drug-likeness (QED) is 0.497. The summed E-state index contributed by atoms with van der Waals surface area (Å²) in [5.41, 5.74) is 14.7. The van der Waals surface area contributed by atoms with E-state index < -0.39 is 6.09 Å². The van der Waals surface area contributed by atoms with Crippen molar-refractivity contribution in [2.75, 3.05) is 18.3 Å². The molecule has 1 heterocycles. The standard InChI is InChI=1S/C22H21N3O2/c1-13-8-10-18(23)17(12-13)20-14(2)25(24-22(26)27-3)19-11-9-15-6-4-5-7-16(15)21(19)20/h4-12H,23H2,1-3H3,(H,24,26). The zero-order chi connectivity index (χ0) is 19.1. The first-order valence-electron chi connectivity index (χ1n) is 8.75. The van der Waals surface area contributed by atoms with Crippen molar-refractivity contribution in [2.24, 2.45) is 0 Å². The minimum Gasteiger partial charge on any atom is -0.452 e. The van der Waals surface area contributed by atoms with Gasteiger partial charge < -0.3 is 10.5 Å². The van der Waals surface area contributed by atoms with Gasteiger partial charge in [-0.15, -0.1) is 0 Å². The Kier molecular flexibility index (Phi) is 4.00. The maximum Gasteiger partial charge on any atom is 0.426 e. The summed E-state index contributed by atoms with van der Waals surface area (Å²) in [6, 6.07) is 18.3. The highest BCUT2D eigenvalue weighted by molar-refractivity contribution is 6.16. The topological polar surface area (TPSA) is 69.3 Å². The molecule has 1 aromatic heterocycles. The largest absolute Gasteiger partial charge is 0.452 e. The van der Waals surface area contributed by atoms with Gasteiger partial charge in [-0.05, 0) is 42.8 Å². The minimum absolute atomic E-state index is 0.521. The summed E-state index contributed by atoms with van der Waals surface area (Å²) in [5.74, 6) is 0. The Morgan fingerprint density at radius 1 is 1.07 bits per heavy atom. The van der Waals surface area contributed by atoms with Crippen molar-refractivity contribution in [3.05, 3.63) is 65.9 Å². The van der Waals surface area contributed by atoms with Crippen LogP contribution in [0.4, 0.5) is 10.5 Å². The van der Waals surface area contributed by atoms with Crippen LogP contribution in [0.25, 0.3) is 32.8 Å². The zero-order valence-corrected chi connectivity index (χ0v) is 15.5. The first-order chi connectivity index (χ1) is 13.0.